The van der Waals surface area contributed by atoms with E-state index < -0.39 is 0 Å². The molecule has 1 aromatic carbocycles. The van der Waals surface area contributed by atoms with Crippen LogP contribution in [0, 0.1) is 0 Å². The van der Waals surface area contributed by atoms with Gasteiger partial charge in [-0.2, -0.15) is 0 Å². The first-order chi connectivity index (χ1) is 9.16. The van der Waals surface area contributed by atoms with Crippen LogP contribution in [-0.4, -0.2) is 22.5 Å². The Morgan fingerprint density at radius 2 is 2.16 bits per heavy atom. The largest absolute Gasteiger partial charge is 0.507 e. The van der Waals surface area contributed by atoms with Crippen molar-refractivity contribution in [2.45, 2.75) is 6.42 Å². The Morgan fingerprint density at radius 3 is 2.89 bits per heavy atom. The van der Waals surface area contributed by atoms with Crippen LogP contribution in [0.5, 0.6) is 5.75 Å². The van der Waals surface area contributed by atoms with Crippen molar-refractivity contribution >= 4 is 17.5 Å². The van der Waals surface area contributed by atoms with Crippen LogP contribution in [0.3, 0.4) is 0 Å². The van der Waals surface area contributed by atoms with Gasteiger partial charge in [0.25, 0.3) is 5.91 Å². The molecule has 0 bridgehead atoms. The molecule has 98 valence electrons. The molecule has 1 aromatic heterocycles. The van der Waals surface area contributed by atoms with E-state index >= 15 is 0 Å². The first kappa shape index (κ1) is 13.4. The normalized spacial score (nSPS) is 10.2. The van der Waals surface area contributed by atoms with Crippen LogP contribution in [0.25, 0.3) is 0 Å². The average Bonchev–Trinajstić information content (AvgIpc) is 2.42. The summed E-state index contributed by atoms with van der Waals surface area (Å²) in [6.45, 7) is 0.446. The molecule has 0 saturated heterocycles. The maximum absolute atomic E-state index is 11.9. The van der Waals surface area contributed by atoms with Crippen LogP contribution in [0.2, 0.25) is 5.02 Å². The van der Waals surface area contributed by atoms with E-state index in [2.05, 4.69) is 10.3 Å². The molecule has 1 heterocycles. The molecule has 19 heavy (non-hydrogen) atoms. The van der Waals surface area contributed by atoms with E-state index in [1.165, 1.54) is 18.2 Å². The third kappa shape index (κ3) is 3.69. The SMILES string of the molecule is O=C(NCCc1ccccn1)c1cc(Cl)ccc1O. The Bertz CT molecular complexity index is 573. The van der Waals surface area contributed by atoms with E-state index in [4.69, 9.17) is 11.6 Å². The maximum atomic E-state index is 11.9. The van der Waals surface area contributed by atoms with Crippen molar-refractivity contribution in [1.82, 2.24) is 10.3 Å². The summed E-state index contributed by atoms with van der Waals surface area (Å²) in [5.74, 6) is -0.435. The van der Waals surface area contributed by atoms with Gasteiger partial charge in [0.05, 0.1) is 5.56 Å². The highest BCUT2D eigenvalue weighted by molar-refractivity contribution is 6.31. The van der Waals surface area contributed by atoms with Crippen molar-refractivity contribution in [3.8, 4) is 5.75 Å². The fraction of sp³-hybridized carbons (Fsp3) is 0.143. The summed E-state index contributed by atoms with van der Waals surface area (Å²) >= 11 is 5.79. The van der Waals surface area contributed by atoms with Gasteiger partial charge >= 0.3 is 0 Å². The van der Waals surface area contributed by atoms with Gasteiger partial charge in [-0.25, -0.2) is 0 Å². The topological polar surface area (TPSA) is 62.2 Å². The Labute approximate surface area is 116 Å². The summed E-state index contributed by atoms with van der Waals surface area (Å²) in [5, 5.41) is 12.7. The number of nitrogens with one attached hydrogen (secondary N) is 1. The van der Waals surface area contributed by atoms with Crippen molar-refractivity contribution in [3.05, 3.63) is 58.9 Å². The predicted octanol–water partition coefficient (Wildman–Crippen LogP) is 2.41. The number of aromatic hydroxyl groups is 1. The minimum absolute atomic E-state index is 0.0836. The van der Waals surface area contributed by atoms with Gasteiger partial charge < -0.3 is 10.4 Å². The van der Waals surface area contributed by atoms with Gasteiger partial charge in [0.2, 0.25) is 0 Å². The van der Waals surface area contributed by atoms with Crippen LogP contribution in [0.4, 0.5) is 0 Å². The van der Waals surface area contributed by atoms with Gasteiger partial charge in [0.1, 0.15) is 5.75 Å². The average molecular weight is 277 g/mol. The van der Waals surface area contributed by atoms with E-state index in [0.717, 1.165) is 5.69 Å². The molecule has 0 aliphatic carbocycles. The number of aromatic nitrogens is 1. The molecular formula is C14H13ClN2O2. The fourth-order valence-corrected chi connectivity index (χ4v) is 1.81. The third-order valence-electron chi connectivity index (χ3n) is 2.60. The molecule has 2 N–H and O–H groups in total. The number of halogens is 1. The van der Waals surface area contributed by atoms with E-state index in [1.54, 1.807) is 6.20 Å². The number of pyridine rings is 1. The Balaban J connectivity index is 1.93. The quantitative estimate of drug-likeness (QED) is 0.901. The summed E-state index contributed by atoms with van der Waals surface area (Å²) in [7, 11) is 0. The number of carbonyl (C=O) groups excluding carboxylic acids is 1. The van der Waals surface area contributed by atoms with E-state index in [1.807, 2.05) is 18.2 Å². The number of phenolic OH excluding ortho intramolecular Hbond substituents is 1. The van der Waals surface area contributed by atoms with Gasteiger partial charge in [-0.3, -0.25) is 9.78 Å². The summed E-state index contributed by atoms with van der Waals surface area (Å²) in [4.78, 5) is 16.0. The number of carbonyl (C=O) groups is 1. The summed E-state index contributed by atoms with van der Waals surface area (Å²) < 4.78 is 0. The monoisotopic (exact) mass is 276 g/mol. The zero-order chi connectivity index (χ0) is 13.7. The van der Waals surface area contributed by atoms with Crippen LogP contribution < -0.4 is 5.32 Å². The second-order valence-corrected chi connectivity index (χ2v) is 4.42. The van der Waals surface area contributed by atoms with Gasteiger partial charge in [-0.05, 0) is 30.3 Å². The van der Waals surface area contributed by atoms with Crippen molar-refractivity contribution in [2.75, 3.05) is 6.54 Å². The zero-order valence-corrected chi connectivity index (χ0v) is 10.9. The lowest BCUT2D eigenvalue weighted by Crippen LogP contribution is -2.25. The van der Waals surface area contributed by atoms with Crippen molar-refractivity contribution in [3.63, 3.8) is 0 Å². The Hall–Kier alpha value is -2.07. The van der Waals surface area contributed by atoms with E-state index in [0.29, 0.717) is 18.0 Å². The Morgan fingerprint density at radius 1 is 1.32 bits per heavy atom. The van der Waals surface area contributed by atoms with E-state index in [9.17, 15) is 9.90 Å². The van der Waals surface area contributed by atoms with Crippen molar-refractivity contribution in [2.24, 2.45) is 0 Å². The van der Waals surface area contributed by atoms with Gasteiger partial charge in [0.15, 0.2) is 0 Å². The molecule has 0 spiro atoms. The molecule has 1 amide bonds. The zero-order valence-electron chi connectivity index (χ0n) is 10.1. The minimum atomic E-state index is -0.351. The summed E-state index contributed by atoms with van der Waals surface area (Å²) in [5.41, 5.74) is 1.08. The minimum Gasteiger partial charge on any atom is -0.507 e. The summed E-state index contributed by atoms with van der Waals surface area (Å²) in [6.07, 6.45) is 2.34. The van der Waals surface area contributed by atoms with Crippen molar-refractivity contribution < 1.29 is 9.90 Å². The highest BCUT2D eigenvalue weighted by atomic mass is 35.5. The van der Waals surface area contributed by atoms with Crippen LogP contribution in [-0.2, 0) is 6.42 Å². The molecule has 0 saturated carbocycles. The lowest BCUT2D eigenvalue weighted by atomic mass is 10.2. The van der Waals surface area contributed by atoms with E-state index in [-0.39, 0.29) is 17.2 Å². The smallest absolute Gasteiger partial charge is 0.255 e. The second-order valence-electron chi connectivity index (χ2n) is 3.99. The van der Waals surface area contributed by atoms with Crippen LogP contribution >= 0.6 is 11.6 Å². The first-order valence-electron chi connectivity index (χ1n) is 5.83. The second kappa shape index (κ2) is 6.20. The number of hydrogen-bond acceptors (Lipinski definition) is 3. The Kier molecular flexibility index (Phi) is 4.36. The lowest BCUT2D eigenvalue weighted by Gasteiger charge is -2.07. The molecule has 0 unspecified atom stereocenters. The molecule has 4 nitrogen and oxygen atoms in total. The van der Waals surface area contributed by atoms with Gasteiger partial charge in [-0.15, -0.1) is 0 Å². The predicted molar refractivity (Wildman–Crippen MR) is 73.4 cm³/mol. The molecule has 0 aliphatic rings. The van der Waals surface area contributed by atoms with Gasteiger partial charge in [0, 0.05) is 29.9 Å². The maximum Gasteiger partial charge on any atom is 0.255 e. The summed E-state index contributed by atoms with van der Waals surface area (Å²) in [6, 6.07) is 9.99. The number of rotatable bonds is 4. The van der Waals surface area contributed by atoms with Gasteiger partial charge in [-0.1, -0.05) is 17.7 Å². The molecule has 2 aromatic rings. The molecule has 2 rings (SSSR count). The number of benzene rings is 1. The highest BCUT2D eigenvalue weighted by Gasteiger charge is 2.11. The molecule has 0 fully saturated rings. The molecule has 0 atom stereocenters. The first-order valence-corrected chi connectivity index (χ1v) is 6.21. The molecule has 0 radical (unpaired) electrons. The third-order valence-corrected chi connectivity index (χ3v) is 2.83. The standard InChI is InChI=1S/C14H13ClN2O2/c15-10-4-5-13(18)12(9-10)14(19)17-8-6-11-3-1-2-7-16-11/h1-5,7,9,18H,6,8H2,(H,17,19). The number of hydrogen-bond donors (Lipinski definition) is 2. The fourth-order valence-electron chi connectivity index (χ4n) is 1.64. The molecule has 0 aliphatic heterocycles. The molecular weight excluding hydrogens is 264 g/mol. The number of phenols is 1. The molecule has 5 heteroatoms. The van der Waals surface area contributed by atoms with Crippen LogP contribution in [0.1, 0.15) is 16.1 Å². The van der Waals surface area contributed by atoms with Crippen molar-refractivity contribution in [1.29, 1.82) is 0 Å². The number of amides is 1. The number of nitrogens with zero attached hydrogens (tertiary/aromatic N) is 1. The lowest BCUT2D eigenvalue weighted by molar-refractivity contribution is 0.0951. The van der Waals surface area contributed by atoms with Crippen LogP contribution in [0.15, 0.2) is 42.6 Å². The highest BCUT2D eigenvalue weighted by Crippen LogP contribution is 2.21.